The van der Waals surface area contributed by atoms with Crippen LogP contribution in [-0.4, -0.2) is 15.3 Å². The molecule has 0 radical (unpaired) electrons. The molecule has 9 rings (SSSR count). The largest absolute Gasteiger partial charge is 0.244 e. The molecule has 0 spiro atoms. The van der Waals surface area contributed by atoms with Crippen LogP contribution in [-0.2, 0) is 0 Å². The Morgan fingerprint density at radius 3 is 1.70 bits per heavy atom. The van der Waals surface area contributed by atoms with Crippen molar-refractivity contribution in [2.75, 3.05) is 0 Å². The Balaban J connectivity index is 1.18. The summed E-state index contributed by atoms with van der Waals surface area (Å²) >= 11 is 3.42. The molecule has 9 aromatic rings. The first-order valence-electron chi connectivity index (χ1n) is 15.3. The number of nitrogens with zero attached hydrogens (tertiary/aromatic N) is 3. The van der Waals surface area contributed by atoms with Crippen LogP contribution in [0.3, 0.4) is 0 Å². The Bertz CT molecular complexity index is 2590. The summed E-state index contributed by atoms with van der Waals surface area (Å²) in [5, 5.41) is 13.8. The second-order valence-electron chi connectivity index (χ2n) is 11.4. The second kappa shape index (κ2) is 11.6. The topological polar surface area (TPSA) is 51.8 Å². The van der Waals surface area contributed by atoms with Gasteiger partial charge in [-0.15, -0.1) is 22.7 Å². The van der Waals surface area contributed by atoms with Crippen molar-refractivity contribution in [2.45, 2.75) is 0 Å². The Labute approximate surface area is 278 Å². The predicted octanol–water partition coefficient (Wildman–Crippen LogP) is 11.9. The number of hydrogen-bond acceptors (Lipinski definition) is 6. The van der Waals surface area contributed by atoms with Gasteiger partial charge in [-0.1, -0.05) is 109 Å². The maximum atomic E-state index is 5.43. The van der Waals surface area contributed by atoms with E-state index in [-0.39, 0.29) is 0 Å². The Kier molecular flexibility index (Phi) is 6.81. The van der Waals surface area contributed by atoms with Gasteiger partial charge in [0, 0.05) is 20.2 Å². The van der Waals surface area contributed by atoms with Gasteiger partial charge in [0.25, 0.3) is 0 Å². The maximum Gasteiger partial charge on any atom is 0.163 e. The van der Waals surface area contributed by atoms with E-state index in [1.54, 1.807) is 22.7 Å². The minimum atomic E-state index is 0.657. The highest BCUT2D eigenvalue weighted by atomic mass is 32.1. The summed E-state index contributed by atoms with van der Waals surface area (Å²) in [6.45, 7) is 0. The van der Waals surface area contributed by atoms with Gasteiger partial charge in [0.05, 0.1) is 10.6 Å². The summed E-state index contributed by atoms with van der Waals surface area (Å²) in [6.07, 6.45) is 4.18. The van der Waals surface area contributed by atoms with Crippen molar-refractivity contribution in [1.29, 1.82) is 0 Å². The van der Waals surface area contributed by atoms with E-state index < -0.39 is 0 Å². The lowest BCUT2D eigenvalue weighted by Crippen LogP contribution is -1.93. The van der Waals surface area contributed by atoms with Crippen molar-refractivity contribution in [3.8, 4) is 41.9 Å². The molecule has 0 aliphatic carbocycles. The van der Waals surface area contributed by atoms with E-state index in [0.717, 1.165) is 32.3 Å². The molecule has 0 atom stereocenters. The van der Waals surface area contributed by atoms with Gasteiger partial charge in [0.1, 0.15) is 11.2 Å². The molecule has 0 fully saturated rings. The van der Waals surface area contributed by atoms with E-state index in [1.807, 2.05) is 18.2 Å². The molecule has 6 heteroatoms. The lowest BCUT2D eigenvalue weighted by Gasteiger charge is -2.08. The van der Waals surface area contributed by atoms with Gasteiger partial charge in [-0.25, -0.2) is 9.61 Å². The van der Waals surface area contributed by atoms with Gasteiger partial charge in [0.2, 0.25) is 0 Å². The fraction of sp³-hybridized carbons (Fsp3) is 0. The Morgan fingerprint density at radius 2 is 1.02 bits per heavy atom. The second-order valence-corrected chi connectivity index (χ2v) is 13.5. The van der Waals surface area contributed by atoms with Gasteiger partial charge < -0.3 is 0 Å². The molecule has 0 N–H and O–H groups in total. The van der Waals surface area contributed by atoms with Crippen molar-refractivity contribution >= 4 is 67.4 Å². The molecular weight excluding hydrogens is 615 g/mol. The van der Waals surface area contributed by atoms with Crippen LogP contribution < -0.4 is 0 Å². The molecule has 0 saturated carbocycles. The molecule has 5 aromatic carbocycles. The predicted molar refractivity (Wildman–Crippen MR) is 197 cm³/mol. The zero-order chi connectivity index (χ0) is 31.2. The summed E-state index contributed by atoms with van der Waals surface area (Å²) in [5.41, 5.74) is 7.31. The number of rotatable bonds is 6. The van der Waals surface area contributed by atoms with E-state index in [0.29, 0.717) is 11.0 Å². The van der Waals surface area contributed by atoms with Crippen LogP contribution in [0.2, 0.25) is 0 Å². The molecule has 4 nitrogen and oxygen atoms in total. The van der Waals surface area contributed by atoms with Crippen LogP contribution in [0.1, 0.15) is 11.3 Å². The Morgan fingerprint density at radius 1 is 0.468 bits per heavy atom. The van der Waals surface area contributed by atoms with Gasteiger partial charge >= 0.3 is 0 Å². The molecule has 0 aliphatic rings. The number of fused-ring (bicyclic) bond motifs is 3. The van der Waals surface area contributed by atoms with Crippen molar-refractivity contribution in [3.63, 3.8) is 0 Å². The molecule has 0 unspecified atom stereocenters. The van der Waals surface area contributed by atoms with Crippen LogP contribution >= 0.6 is 22.7 Å². The highest BCUT2D eigenvalue weighted by Crippen LogP contribution is 2.43. The highest BCUT2D eigenvalue weighted by Gasteiger charge is 2.22. The molecule has 47 heavy (non-hydrogen) atoms. The SMILES string of the molecule is C(=C\c1nc(-c2ccc(-c3ccc4ccccc4c3)s2)c2nonc2c1-c1ccc(-c2ccc3ccccc3c2)s1)/c1ccccc1. The third-order valence-corrected chi connectivity index (χ3v) is 10.7. The molecule has 4 aromatic heterocycles. The smallest absolute Gasteiger partial charge is 0.163 e. The number of benzene rings is 5. The van der Waals surface area contributed by atoms with Gasteiger partial charge in [0.15, 0.2) is 5.52 Å². The fourth-order valence-electron chi connectivity index (χ4n) is 6.07. The number of hydrogen-bond donors (Lipinski definition) is 0. The highest BCUT2D eigenvalue weighted by molar-refractivity contribution is 7.19. The zero-order valence-corrected chi connectivity index (χ0v) is 26.6. The zero-order valence-electron chi connectivity index (χ0n) is 25.0. The van der Waals surface area contributed by atoms with E-state index >= 15 is 0 Å². The molecule has 0 bridgehead atoms. The minimum absolute atomic E-state index is 0.657. The third-order valence-electron chi connectivity index (χ3n) is 8.43. The first kappa shape index (κ1) is 27.6. The third kappa shape index (κ3) is 5.14. The van der Waals surface area contributed by atoms with Crippen molar-refractivity contribution in [1.82, 2.24) is 15.3 Å². The van der Waals surface area contributed by atoms with Gasteiger partial charge in [-0.2, -0.15) is 0 Å². The standard InChI is InChI=1S/C41H25N3OS2/c1-2-8-26(9-3-1)14-19-33-38(36-22-20-34(46-36)31-17-15-27-10-4-6-12-29(27)24-31)40-41(44-45-43-40)39(42-33)37-23-21-35(47-37)32-18-16-28-11-5-7-13-30(28)25-32/h1-25H/b19-14+. The van der Waals surface area contributed by atoms with Crippen molar-refractivity contribution in [2.24, 2.45) is 0 Å². The van der Waals surface area contributed by atoms with Crippen LogP contribution in [0.15, 0.2) is 144 Å². The van der Waals surface area contributed by atoms with Crippen LogP contribution in [0.4, 0.5) is 0 Å². The maximum absolute atomic E-state index is 5.43. The minimum Gasteiger partial charge on any atom is -0.244 e. The first-order valence-corrected chi connectivity index (χ1v) is 17.0. The lowest BCUT2D eigenvalue weighted by atomic mass is 10.0. The molecule has 0 saturated heterocycles. The van der Waals surface area contributed by atoms with Crippen LogP contribution in [0, 0.1) is 0 Å². The molecule has 222 valence electrons. The summed E-state index contributed by atoms with van der Waals surface area (Å²) < 4.78 is 5.43. The van der Waals surface area contributed by atoms with Crippen LogP contribution in [0.25, 0.3) is 86.6 Å². The quantitative estimate of drug-likeness (QED) is 0.182. The van der Waals surface area contributed by atoms with E-state index in [1.165, 1.54) is 42.4 Å². The molecule has 4 heterocycles. The molecule has 0 amide bonds. The van der Waals surface area contributed by atoms with Crippen molar-refractivity contribution < 1.29 is 4.63 Å². The molecule has 0 aliphatic heterocycles. The first-order chi connectivity index (χ1) is 23.3. The number of thiophene rings is 2. The van der Waals surface area contributed by atoms with Gasteiger partial charge in [-0.3, -0.25) is 0 Å². The molecular formula is C41H25N3OS2. The normalized spacial score (nSPS) is 11.7. The average molecular weight is 640 g/mol. The summed E-state index contributed by atoms with van der Waals surface area (Å²) in [6, 6.07) is 49.0. The summed E-state index contributed by atoms with van der Waals surface area (Å²) in [5.74, 6) is 0. The number of aromatic nitrogens is 3. The summed E-state index contributed by atoms with van der Waals surface area (Å²) in [7, 11) is 0. The van der Waals surface area contributed by atoms with E-state index in [4.69, 9.17) is 9.61 Å². The van der Waals surface area contributed by atoms with Gasteiger partial charge in [-0.05, 0) is 91.0 Å². The van der Waals surface area contributed by atoms with E-state index in [2.05, 4.69) is 144 Å². The Hall–Kier alpha value is -5.69. The van der Waals surface area contributed by atoms with E-state index in [9.17, 15) is 0 Å². The summed E-state index contributed by atoms with van der Waals surface area (Å²) in [4.78, 5) is 9.70. The lowest BCUT2D eigenvalue weighted by molar-refractivity contribution is 0.315. The van der Waals surface area contributed by atoms with Crippen molar-refractivity contribution in [3.05, 3.63) is 151 Å². The number of pyridine rings is 1. The fourth-order valence-corrected chi connectivity index (χ4v) is 8.12. The van der Waals surface area contributed by atoms with Crippen LogP contribution in [0.5, 0.6) is 0 Å². The monoisotopic (exact) mass is 639 g/mol. The average Bonchev–Trinajstić information content (AvgIpc) is 3.92.